The molecule has 1 unspecified atom stereocenters. The Bertz CT molecular complexity index is 728. The number of nitrogens with zero attached hydrogens (tertiary/aromatic N) is 3. The van der Waals surface area contributed by atoms with E-state index in [-0.39, 0.29) is 33.6 Å². The van der Waals surface area contributed by atoms with E-state index in [1.54, 1.807) is 0 Å². The molecule has 0 aliphatic carbocycles. The van der Waals surface area contributed by atoms with Crippen LogP contribution >= 0.6 is 28.3 Å². The van der Waals surface area contributed by atoms with Crippen LogP contribution in [0.4, 0.5) is 8.28 Å². The Morgan fingerprint density at radius 1 is 1.57 bits per heavy atom. The van der Waals surface area contributed by atoms with Crippen LogP contribution in [0.3, 0.4) is 0 Å². The number of carbonyl (C=O) groups excluding carboxylic acids is 1. The lowest BCUT2D eigenvalue weighted by Gasteiger charge is -2.17. The number of benzene rings is 1. The van der Waals surface area contributed by atoms with Gasteiger partial charge < -0.3 is 5.11 Å². The molecule has 2 rings (SSSR count). The highest BCUT2D eigenvalue weighted by molar-refractivity contribution is 9.10. The molecule has 23 heavy (non-hydrogen) atoms. The van der Waals surface area contributed by atoms with Crippen LogP contribution in [0.2, 0.25) is 0 Å². The number of amides is 1. The summed E-state index contributed by atoms with van der Waals surface area (Å²) in [7, 11) is 2.66. The molecule has 1 atom stereocenters. The highest BCUT2D eigenvalue weighted by Crippen LogP contribution is 2.33. The van der Waals surface area contributed by atoms with Gasteiger partial charge in [-0.1, -0.05) is 22.0 Å². The Morgan fingerprint density at radius 2 is 2.26 bits per heavy atom. The summed E-state index contributed by atoms with van der Waals surface area (Å²) in [5.74, 6) is -1.11. The fraction of sp³-hybridized carbons (Fsp3) is 0.231. The Hall–Kier alpha value is -1.49. The molecule has 2 aromatic rings. The van der Waals surface area contributed by atoms with Crippen LogP contribution in [-0.2, 0) is 4.84 Å². The van der Waals surface area contributed by atoms with Crippen molar-refractivity contribution in [1.29, 1.82) is 0 Å². The van der Waals surface area contributed by atoms with Crippen molar-refractivity contribution in [2.24, 2.45) is 0 Å². The third-order valence-corrected chi connectivity index (χ3v) is 4.25. The molecule has 0 saturated carbocycles. The Labute approximate surface area is 143 Å². The lowest BCUT2D eigenvalue weighted by atomic mass is 10.0. The van der Waals surface area contributed by atoms with E-state index in [0.29, 0.717) is 0 Å². The third-order valence-electron chi connectivity index (χ3n) is 3.15. The smallest absolute Gasteiger partial charge is 0.280 e. The van der Waals surface area contributed by atoms with Gasteiger partial charge in [-0.05, 0) is 12.1 Å². The summed E-state index contributed by atoms with van der Waals surface area (Å²) in [5, 5.41) is 15.2. The van der Waals surface area contributed by atoms with E-state index in [9.17, 15) is 18.2 Å². The fourth-order valence-corrected chi connectivity index (χ4v) is 2.86. The maximum atomic E-state index is 13.2. The normalized spacial score (nSPS) is 12.3. The van der Waals surface area contributed by atoms with Gasteiger partial charge in [0, 0.05) is 17.1 Å². The van der Waals surface area contributed by atoms with Gasteiger partial charge in [-0.2, -0.15) is 9.19 Å². The fourth-order valence-electron chi connectivity index (χ4n) is 1.94. The largest absolute Gasteiger partial charge is 0.382 e. The molecule has 0 spiro atoms. The van der Waals surface area contributed by atoms with E-state index >= 15 is 0 Å². The minimum Gasteiger partial charge on any atom is -0.382 e. The van der Waals surface area contributed by atoms with Crippen LogP contribution in [0.5, 0.6) is 0 Å². The monoisotopic (exact) mass is 407 g/mol. The summed E-state index contributed by atoms with van der Waals surface area (Å²) >= 11 is 2.86. The van der Waals surface area contributed by atoms with Crippen LogP contribution in [0.15, 0.2) is 28.9 Å². The summed E-state index contributed by atoms with van der Waals surface area (Å²) in [5.41, 5.74) is 0.137. The molecule has 0 aliphatic rings. The zero-order chi connectivity index (χ0) is 17.1. The predicted molar refractivity (Wildman–Crippen MR) is 83.6 cm³/mol. The van der Waals surface area contributed by atoms with Crippen molar-refractivity contribution in [3.05, 3.63) is 51.5 Å². The second-order valence-corrected chi connectivity index (χ2v) is 5.78. The topological polar surface area (TPSA) is 67.6 Å². The van der Waals surface area contributed by atoms with Crippen LogP contribution in [0.1, 0.15) is 27.7 Å². The zero-order valence-electron chi connectivity index (χ0n) is 12.0. The van der Waals surface area contributed by atoms with Crippen molar-refractivity contribution < 1.29 is 23.0 Å². The van der Waals surface area contributed by atoms with E-state index in [0.717, 1.165) is 27.5 Å². The average Bonchev–Trinajstić information content (AvgIpc) is 2.96. The van der Waals surface area contributed by atoms with Crippen molar-refractivity contribution in [2.45, 2.75) is 6.10 Å². The van der Waals surface area contributed by atoms with Gasteiger partial charge in [-0.15, -0.1) is 3.89 Å². The Morgan fingerprint density at radius 3 is 2.83 bits per heavy atom. The minimum atomic E-state index is -1.40. The van der Waals surface area contributed by atoms with E-state index in [4.69, 9.17) is 4.84 Å². The molecule has 1 heterocycles. The highest BCUT2D eigenvalue weighted by Gasteiger charge is 2.28. The molecular formula is C13H12BrF2N3O3S. The van der Waals surface area contributed by atoms with Crippen LogP contribution < -0.4 is 0 Å². The molecule has 0 saturated heterocycles. The molecule has 0 radical (unpaired) electrons. The maximum Gasteiger partial charge on any atom is 0.280 e. The van der Waals surface area contributed by atoms with E-state index in [1.165, 1.54) is 20.2 Å². The molecule has 0 fully saturated rings. The molecular weight excluding hydrogens is 396 g/mol. The SMILES string of the molecule is CON(C)C(=O)c1cnn(SF)c1C(O)c1ccc(F)cc1Br. The molecule has 6 nitrogen and oxygen atoms in total. The molecule has 0 aliphatic heterocycles. The molecule has 124 valence electrons. The van der Waals surface area contributed by atoms with E-state index < -0.39 is 17.8 Å². The van der Waals surface area contributed by atoms with E-state index in [2.05, 4.69) is 21.0 Å². The number of aliphatic hydroxyl groups is 1. The number of aliphatic hydroxyl groups excluding tert-OH is 1. The van der Waals surface area contributed by atoms with Crippen molar-refractivity contribution in [3.63, 3.8) is 0 Å². The van der Waals surface area contributed by atoms with Gasteiger partial charge in [0.2, 0.25) is 0 Å². The maximum absolute atomic E-state index is 13.2. The Balaban J connectivity index is 2.52. The molecule has 0 bridgehead atoms. The number of hydrogen-bond donors (Lipinski definition) is 1. The minimum absolute atomic E-state index is 0.0387. The molecule has 1 aromatic heterocycles. The van der Waals surface area contributed by atoms with Crippen LogP contribution in [0, 0.1) is 5.82 Å². The third kappa shape index (κ3) is 3.55. The number of halogens is 3. The zero-order valence-corrected chi connectivity index (χ0v) is 14.4. The first-order valence-electron chi connectivity index (χ1n) is 6.22. The number of hydrogen-bond acceptors (Lipinski definition) is 5. The van der Waals surface area contributed by atoms with Gasteiger partial charge in [-0.25, -0.2) is 9.45 Å². The summed E-state index contributed by atoms with van der Waals surface area (Å²) < 4.78 is 27.3. The van der Waals surface area contributed by atoms with Crippen LogP contribution in [0.25, 0.3) is 0 Å². The first kappa shape index (κ1) is 17.9. The highest BCUT2D eigenvalue weighted by atomic mass is 79.9. The summed E-state index contributed by atoms with van der Waals surface area (Å²) in [6, 6.07) is 3.64. The van der Waals surface area contributed by atoms with E-state index in [1.807, 2.05) is 0 Å². The van der Waals surface area contributed by atoms with Gasteiger partial charge in [0.05, 0.1) is 24.6 Å². The second kappa shape index (κ2) is 7.39. The standard InChI is InChI=1S/C13H12BrF2N3O3S/c1-18(22-2)13(21)9-6-17-19(23-16)11(9)12(20)8-4-3-7(15)5-10(8)14/h3-6,12,20H,1-2H3. The first-order valence-corrected chi connectivity index (χ1v) is 7.69. The number of carbonyl (C=O) groups is 1. The van der Waals surface area contributed by atoms with Gasteiger partial charge in [-0.3, -0.25) is 9.63 Å². The van der Waals surface area contributed by atoms with Gasteiger partial charge >= 0.3 is 0 Å². The van der Waals surface area contributed by atoms with Crippen molar-refractivity contribution in [2.75, 3.05) is 14.2 Å². The Kier molecular flexibility index (Phi) is 5.74. The van der Waals surface area contributed by atoms with Crippen LogP contribution in [-0.4, -0.2) is 39.4 Å². The predicted octanol–water partition coefficient (Wildman–Crippen LogP) is 2.88. The van der Waals surface area contributed by atoms with Crippen molar-refractivity contribution >= 4 is 34.2 Å². The number of hydroxylamine groups is 2. The summed E-state index contributed by atoms with van der Waals surface area (Å²) in [6.07, 6.45) is -0.277. The first-order chi connectivity index (χ1) is 10.9. The molecule has 1 aromatic carbocycles. The lowest BCUT2D eigenvalue weighted by Crippen LogP contribution is -2.26. The summed E-state index contributed by atoms with van der Waals surface area (Å²) in [6.45, 7) is 0. The quantitative estimate of drug-likeness (QED) is 0.771. The van der Waals surface area contributed by atoms with Crippen molar-refractivity contribution in [3.8, 4) is 0 Å². The second-order valence-electron chi connectivity index (χ2n) is 4.44. The average molecular weight is 408 g/mol. The summed E-state index contributed by atoms with van der Waals surface area (Å²) in [4.78, 5) is 17.0. The molecule has 10 heteroatoms. The number of rotatable bonds is 5. The number of aromatic nitrogens is 2. The van der Waals surface area contributed by atoms with Gasteiger partial charge in [0.1, 0.15) is 11.9 Å². The van der Waals surface area contributed by atoms with Gasteiger partial charge in [0.25, 0.3) is 5.91 Å². The molecule has 1 N–H and O–H groups in total. The molecule has 1 amide bonds. The van der Waals surface area contributed by atoms with Crippen molar-refractivity contribution in [1.82, 2.24) is 14.2 Å². The van der Waals surface area contributed by atoms with Gasteiger partial charge in [0.15, 0.2) is 12.3 Å². The lowest BCUT2D eigenvalue weighted by molar-refractivity contribution is -0.0758.